The van der Waals surface area contributed by atoms with Crippen LogP contribution in [0.1, 0.15) is 0 Å². The van der Waals surface area contributed by atoms with Gasteiger partial charge in [-0.2, -0.15) is 0 Å². The van der Waals surface area contributed by atoms with E-state index in [1.807, 2.05) is 48.7 Å². The Morgan fingerprint density at radius 1 is 0.850 bits per heavy atom. The number of pyridine rings is 1. The summed E-state index contributed by atoms with van der Waals surface area (Å²) < 4.78 is 0. The van der Waals surface area contributed by atoms with Crippen LogP contribution in [0.5, 0.6) is 0 Å². The van der Waals surface area contributed by atoms with E-state index < -0.39 is 0 Å². The summed E-state index contributed by atoms with van der Waals surface area (Å²) in [5, 5.41) is 0. The predicted molar refractivity (Wildman–Crippen MR) is 78.5 cm³/mol. The highest BCUT2D eigenvalue weighted by Gasteiger charge is 1.91. The minimum atomic E-state index is -0.163. The second kappa shape index (κ2) is 5.36. The number of hydrogen-bond acceptors (Lipinski definition) is 3. The van der Waals surface area contributed by atoms with Crippen LogP contribution in [0, 0.1) is 0 Å². The predicted octanol–water partition coefficient (Wildman–Crippen LogP) is 2.49. The average molecular weight is 264 g/mol. The number of hydrogen-bond donors (Lipinski definition) is 2. The second-order valence-electron chi connectivity index (χ2n) is 4.18. The molecule has 98 valence electrons. The Morgan fingerprint density at radius 2 is 1.65 bits per heavy atom. The first kappa shape index (κ1) is 12.1. The van der Waals surface area contributed by atoms with Gasteiger partial charge in [0.25, 0.3) is 5.56 Å². The zero-order chi connectivity index (χ0) is 13.8. The summed E-state index contributed by atoms with van der Waals surface area (Å²) in [7, 11) is 0. The molecule has 0 bridgehead atoms. The number of fused-ring (bicyclic) bond motifs is 2. The van der Waals surface area contributed by atoms with Crippen molar-refractivity contribution in [2.75, 3.05) is 0 Å². The van der Waals surface area contributed by atoms with E-state index in [9.17, 15) is 4.79 Å². The van der Waals surface area contributed by atoms with Crippen molar-refractivity contribution < 1.29 is 0 Å². The van der Waals surface area contributed by atoms with Gasteiger partial charge in [0, 0.05) is 12.4 Å². The van der Waals surface area contributed by atoms with Crippen LogP contribution >= 0.6 is 0 Å². The van der Waals surface area contributed by atoms with Gasteiger partial charge in [0.15, 0.2) is 0 Å². The van der Waals surface area contributed by atoms with Crippen molar-refractivity contribution in [2.45, 2.75) is 0 Å². The maximum atomic E-state index is 10.8. The summed E-state index contributed by atoms with van der Waals surface area (Å²) in [6.45, 7) is 0. The molecule has 4 rings (SSSR count). The van der Waals surface area contributed by atoms with E-state index in [0.29, 0.717) is 0 Å². The first-order valence-corrected chi connectivity index (χ1v) is 6.15. The van der Waals surface area contributed by atoms with Crippen LogP contribution in [0.3, 0.4) is 0 Å². The highest BCUT2D eigenvalue weighted by Crippen LogP contribution is 2.05. The summed E-state index contributed by atoms with van der Waals surface area (Å²) in [6.07, 6.45) is 4.95. The molecule has 5 nitrogen and oxygen atoms in total. The van der Waals surface area contributed by atoms with Crippen molar-refractivity contribution in [1.82, 2.24) is 19.9 Å². The number of H-pyrrole nitrogens is 2. The van der Waals surface area contributed by atoms with Gasteiger partial charge in [-0.3, -0.25) is 9.78 Å². The maximum Gasteiger partial charge on any atom is 0.266 e. The molecule has 0 atom stereocenters. The zero-order valence-electron chi connectivity index (χ0n) is 10.6. The van der Waals surface area contributed by atoms with Crippen LogP contribution in [0.25, 0.3) is 22.1 Å². The Bertz CT molecular complexity index is 864. The lowest BCUT2D eigenvalue weighted by atomic mass is 10.3. The SMILES string of the molecule is O=c1cnc2ccccc2[nH]1.c1cnc2cc[nH]c2c1. The number of aromatic amines is 2. The van der Waals surface area contributed by atoms with Gasteiger partial charge in [0.1, 0.15) is 0 Å². The minimum Gasteiger partial charge on any atom is -0.360 e. The molecule has 0 spiro atoms. The summed E-state index contributed by atoms with van der Waals surface area (Å²) in [6, 6.07) is 13.3. The molecule has 20 heavy (non-hydrogen) atoms. The van der Waals surface area contributed by atoms with E-state index in [1.165, 1.54) is 6.20 Å². The van der Waals surface area contributed by atoms with Gasteiger partial charge in [0.2, 0.25) is 0 Å². The van der Waals surface area contributed by atoms with Crippen LogP contribution in [0.15, 0.2) is 65.8 Å². The Morgan fingerprint density at radius 3 is 2.55 bits per heavy atom. The number of para-hydroxylation sites is 2. The lowest BCUT2D eigenvalue weighted by Gasteiger charge is -1.92. The maximum absolute atomic E-state index is 10.8. The molecule has 4 aromatic rings. The molecule has 1 aromatic carbocycles. The van der Waals surface area contributed by atoms with Crippen molar-refractivity contribution in [1.29, 1.82) is 0 Å². The molecule has 5 heteroatoms. The van der Waals surface area contributed by atoms with Gasteiger partial charge in [0.05, 0.1) is 28.3 Å². The summed E-state index contributed by atoms with van der Waals surface area (Å²) >= 11 is 0. The summed E-state index contributed by atoms with van der Waals surface area (Å²) in [4.78, 5) is 24.5. The quantitative estimate of drug-likeness (QED) is 0.512. The van der Waals surface area contributed by atoms with E-state index in [2.05, 4.69) is 19.9 Å². The van der Waals surface area contributed by atoms with Crippen LogP contribution in [-0.2, 0) is 0 Å². The van der Waals surface area contributed by atoms with Crippen molar-refractivity contribution in [3.05, 3.63) is 71.4 Å². The standard InChI is InChI=1S/C8H6N2O.C7H6N2/c11-8-5-9-6-3-1-2-4-7(6)10-8;1-2-6-7(8-4-1)3-5-9-6/h1-5H,(H,10,11);1-5,9H. The smallest absolute Gasteiger partial charge is 0.266 e. The third-order valence-electron chi connectivity index (χ3n) is 2.80. The average Bonchev–Trinajstić information content (AvgIpc) is 2.96. The Balaban J connectivity index is 0.000000123. The summed E-state index contributed by atoms with van der Waals surface area (Å²) in [5.41, 5.74) is 3.55. The highest BCUT2D eigenvalue weighted by molar-refractivity contribution is 5.74. The molecule has 0 saturated carbocycles. The normalized spacial score (nSPS) is 10.2. The highest BCUT2D eigenvalue weighted by atomic mass is 16.1. The molecule has 0 radical (unpaired) electrons. The third kappa shape index (κ3) is 2.56. The van der Waals surface area contributed by atoms with E-state index in [1.54, 1.807) is 6.20 Å². The fourth-order valence-corrected chi connectivity index (χ4v) is 1.87. The van der Waals surface area contributed by atoms with E-state index >= 15 is 0 Å². The first-order chi connectivity index (χ1) is 9.83. The summed E-state index contributed by atoms with van der Waals surface area (Å²) in [5.74, 6) is 0. The second-order valence-corrected chi connectivity index (χ2v) is 4.18. The zero-order valence-corrected chi connectivity index (χ0v) is 10.6. The molecular weight excluding hydrogens is 252 g/mol. The van der Waals surface area contributed by atoms with Crippen molar-refractivity contribution in [2.24, 2.45) is 0 Å². The van der Waals surface area contributed by atoms with Gasteiger partial charge >= 0.3 is 0 Å². The lowest BCUT2D eigenvalue weighted by Crippen LogP contribution is -2.04. The van der Waals surface area contributed by atoms with Gasteiger partial charge in [-0.25, -0.2) is 4.98 Å². The molecule has 0 amide bonds. The van der Waals surface area contributed by atoms with Crippen molar-refractivity contribution in [3.63, 3.8) is 0 Å². The minimum absolute atomic E-state index is 0.163. The van der Waals surface area contributed by atoms with Crippen molar-refractivity contribution >= 4 is 22.1 Å². The van der Waals surface area contributed by atoms with Crippen LogP contribution in [-0.4, -0.2) is 19.9 Å². The molecule has 0 fully saturated rings. The van der Waals surface area contributed by atoms with E-state index in [0.717, 1.165) is 22.1 Å². The fourth-order valence-electron chi connectivity index (χ4n) is 1.87. The number of aromatic nitrogens is 4. The van der Waals surface area contributed by atoms with Gasteiger partial charge < -0.3 is 9.97 Å². The lowest BCUT2D eigenvalue weighted by molar-refractivity contribution is 1.22. The van der Waals surface area contributed by atoms with Crippen LogP contribution < -0.4 is 5.56 Å². The van der Waals surface area contributed by atoms with Gasteiger partial charge in [-0.1, -0.05) is 12.1 Å². The van der Waals surface area contributed by atoms with E-state index in [-0.39, 0.29) is 5.56 Å². The first-order valence-electron chi connectivity index (χ1n) is 6.15. The molecule has 3 heterocycles. The van der Waals surface area contributed by atoms with E-state index in [4.69, 9.17) is 0 Å². The number of nitrogens with zero attached hydrogens (tertiary/aromatic N) is 2. The van der Waals surface area contributed by atoms with Crippen LogP contribution in [0.4, 0.5) is 0 Å². The molecule has 0 saturated heterocycles. The van der Waals surface area contributed by atoms with Crippen molar-refractivity contribution in [3.8, 4) is 0 Å². The molecule has 0 unspecified atom stereocenters. The largest absolute Gasteiger partial charge is 0.360 e. The number of nitrogens with one attached hydrogen (secondary N) is 2. The molecule has 0 aliphatic heterocycles. The molecular formula is C15H12N4O. The third-order valence-corrected chi connectivity index (χ3v) is 2.80. The topological polar surface area (TPSA) is 74.4 Å². The van der Waals surface area contributed by atoms with Gasteiger partial charge in [-0.05, 0) is 30.3 Å². The molecule has 0 aliphatic rings. The van der Waals surface area contributed by atoms with Gasteiger partial charge in [-0.15, -0.1) is 0 Å². The number of rotatable bonds is 0. The Labute approximate surface area is 114 Å². The monoisotopic (exact) mass is 264 g/mol. The molecule has 0 aliphatic carbocycles. The fraction of sp³-hybridized carbons (Fsp3) is 0. The molecule has 2 N–H and O–H groups in total. The van der Waals surface area contributed by atoms with Crippen LogP contribution in [0.2, 0.25) is 0 Å². The Hall–Kier alpha value is -2.95. The Kier molecular flexibility index (Phi) is 3.24. The molecule has 3 aromatic heterocycles. The number of benzene rings is 1.